The van der Waals surface area contributed by atoms with Crippen LogP contribution in [0.1, 0.15) is 44.2 Å². The summed E-state index contributed by atoms with van der Waals surface area (Å²) in [7, 11) is 0. The molecule has 3 aromatic rings. The summed E-state index contributed by atoms with van der Waals surface area (Å²) >= 11 is 0. The van der Waals surface area contributed by atoms with Gasteiger partial charge in [0.25, 0.3) is 17.6 Å². The van der Waals surface area contributed by atoms with Crippen molar-refractivity contribution in [3.05, 3.63) is 54.1 Å². The topological polar surface area (TPSA) is 122 Å². The Labute approximate surface area is 206 Å². The van der Waals surface area contributed by atoms with Gasteiger partial charge in [-0.1, -0.05) is 11.2 Å². The number of rotatable bonds is 5. The van der Waals surface area contributed by atoms with Gasteiger partial charge in [-0.15, -0.1) is 0 Å². The van der Waals surface area contributed by atoms with Crippen LogP contribution in [0.3, 0.4) is 0 Å². The minimum atomic E-state index is -0.889. The van der Waals surface area contributed by atoms with Gasteiger partial charge >= 0.3 is 6.09 Å². The molecule has 1 aromatic carbocycles. The monoisotopic (exact) mass is 500 g/mol. The summed E-state index contributed by atoms with van der Waals surface area (Å²) in [6.45, 7) is 6.57. The number of aromatic nitrogens is 3. The lowest BCUT2D eigenvalue weighted by Crippen LogP contribution is -2.49. The summed E-state index contributed by atoms with van der Waals surface area (Å²) < 4.78 is 38.3. The first kappa shape index (κ1) is 25.0. The Morgan fingerprint density at radius 3 is 2.67 bits per heavy atom. The Balaban J connectivity index is 1.47. The Hall–Kier alpha value is -4.09. The minimum absolute atomic E-state index is 0.152. The molecule has 3 heterocycles. The number of pyridine rings is 1. The fourth-order valence-corrected chi connectivity index (χ4v) is 3.84. The molecule has 1 aliphatic heterocycles. The fourth-order valence-electron chi connectivity index (χ4n) is 3.84. The maximum absolute atomic E-state index is 14.0. The van der Waals surface area contributed by atoms with Crippen molar-refractivity contribution in [2.75, 3.05) is 23.3 Å². The second-order valence-corrected chi connectivity index (χ2v) is 9.30. The van der Waals surface area contributed by atoms with Crippen LogP contribution in [0.2, 0.25) is 0 Å². The second-order valence-electron chi connectivity index (χ2n) is 9.30. The quantitative estimate of drug-likeness (QED) is 0.536. The van der Waals surface area contributed by atoms with Gasteiger partial charge in [0.1, 0.15) is 22.8 Å². The highest BCUT2D eigenvalue weighted by Crippen LogP contribution is 2.29. The average Bonchev–Trinajstić information content (AvgIpc) is 3.28. The molecule has 190 valence electrons. The van der Waals surface area contributed by atoms with Crippen LogP contribution in [0.15, 0.2) is 41.2 Å². The molecule has 10 nitrogen and oxygen atoms in total. The van der Waals surface area contributed by atoms with Gasteiger partial charge < -0.3 is 24.8 Å². The van der Waals surface area contributed by atoms with Gasteiger partial charge in [-0.25, -0.2) is 13.6 Å². The molecule has 1 atom stereocenters. The van der Waals surface area contributed by atoms with Crippen LogP contribution in [-0.2, 0) is 4.74 Å². The molecular formula is C24H26F2N6O4. The predicted octanol–water partition coefficient (Wildman–Crippen LogP) is 4.16. The van der Waals surface area contributed by atoms with Crippen molar-refractivity contribution in [1.29, 1.82) is 0 Å². The normalized spacial score (nSPS) is 15.9. The third-order valence-corrected chi connectivity index (χ3v) is 5.33. The first-order chi connectivity index (χ1) is 17.1. The molecule has 0 saturated carbocycles. The lowest BCUT2D eigenvalue weighted by Gasteiger charge is -2.35. The smallest absolute Gasteiger partial charge is 0.407 e. The Bertz CT molecular complexity index is 1240. The van der Waals surface area contributed by atoms with Crippen LogP contribution in [-0.4, -0.2) is 51.9 Å². The number of carbonyl (C=O) groups excluding carboxylic acids is 2. The third-order valence-electron chi connectivity index (χ3n) is 5.33. The first-order valence-corrected chi connectivity index (χ1v) is 11.4. The van der Waals surface area contributed by atoms with Crippen LogP contribution < -0.4 is 15.5 Å². The molecule has 2 amide bonds. The number of piperidine rings is 1. The molecular weight excluding hydrogens is 474 g/mol. The van der Waals surface area contributed by atoms with Crippen LogP contribution in [0.4, 0.5) is 25.0 Å². The van der Waals surface area contributed by atoms with E-state index >= 15 is 0 Å². The fraction of sp³-hybridized carbons (Fsp3) is 0.375. The highest BCUT2D eigenvalue weighted by molar-refractivity contribution is 6.03. The van der Waals surface area contributed by atoms with E-state index in [2.05, 4.69) is 25.8 Å². The lowest BCUT2D eigenvalue weighted by molar-refractivity contribution is 0.0500. The molecule has 1 saturated heterocycles. The molecule has 0 radical (unpaired) electrons. The van der Waals surface area contributed by atoms with Gasteiger partial charge in [0.05, 0.1) is 17.6 Å². The van der Waals surface area contributed by atoms with E-state index in [9.17, 15) is 18.4 Å². The number of benzene rings is 1. The van der Waals surface area contributed by atoms with Gasteiger partial charge in [-0.05, 0) is 51.8 Å². The largest absolute Gasteiger partial charge is 0.444 e. The predicted molar refractivity (Wildman–Crippen MR) is 126 cm³/mol. The number of hydrogen-bond donors (Lipinski definition) is 2. The van der Waals surface area contributed by atoms with Gasteiger partial charge in [0, 0.05) is 25.3 Å². The second kappa shape index (κ2) is 10.3. The molecule has 36 heavy (non-hydrogen) atoms. The van der Waals surface area contributed by atoms with E-state index in [0.717, 1.165) is 25.0 Å². The summed E-state index contributed by atoms with van der Waals surface area (Å²) in [4.78, 5) is 34.9. The zero-order chi connectivity index (χ0) is 25.9. The number of anilines is 2. The van der Waals surface area contributed by atoms with Crippen molar-refractivity contribution >= 4 is 23.4 Å². The van der Waals surface area contributed by atoms with Crippen molar-refractivity contribution in [2.45, 2.75) is 45.3 Å². The molecule has 2 N–H and O–H groups in total. The standard InChI is InChI=1S/C24H26F2N6O4/c1-24(2,3)35-23(34)28-14-6-5-11-32(13-14)18-9-10-27-12-17(18)29-21(33)20-30-22(36-31-20)19-15(25)7-4-8-16(19)26/h4,7-10,12,14H,5-6,11,13H2,1-3H3,(H,28,34)(H,29,33)/t14-/m0/s1. The molecule has 4 rings (SSSR count). The molecule has 1 aliphatic rings. The van der Waals surface area contributed by atoms with E-state index in [1.807, 2.05) is 4.90 Å². The van der Waals surface area contributed by atoms with Crippen LogP contribution in [0.5, 0.6) is 0 Å². The van der Waals surface area contributed by atoms with Crippen molar-refractivity contribution in [2.24, 2.45) is 0 Å². The van der Waals surface area contributed by atoms with Crippen molar-refractivity contribution in [1.82, 2.24) is 20.4 Å². The Morgan fingerprint density at radius 2 is 1.94 bits per heavy atom. The molecule has 0 bridgehead atoms. The summed E-state index contributed by atoms with van der Waals surface area (Å²) in [6.07, 6.45) is 4.15. The minimum Gasteiger partial charge on any atom is -0.444 e. The number of nitrogens with zero attached hydrogens (tertiary/aromatic N) is 4. The van der Waals surface area contributed by atoms with Crippen molar-refractivity contribution < 1.29 is 27.6 Å². The Morgan fingerprint density at radius 1 is 1.19 bits per heavy atom. The van der Waals surface area contributed by atoms with Crippen LogP contribution in [0, 0.1) is 11.6 Å². The van der Waals surface area contributed by atoms with Gasteiger partial charge in [-0.2, -0.15) is 4.98 Å². The van der Waals surface area contributed by atoms with Crippen LogP contribution >= 0.6 is 0 Å². The van der Waals surface area contributed by atoms with Gasteiger partial charge in [0.15, 0.2) is 0 Å². The number of alkyl carbamates (subject to hydrolysis) is 1. The lowest BCUT2D eigenvalue weighted by atomic mass is 10.0. The Kier molecular flexibility index (Phi) is 7.13. The molecule has 12 heteroatoms. The highest BCUT2D eigenvalue weighted by Gasteiger charge is 2.27. The number of hydrogen-bond acceptors (Lipinski definition) is 8. The molecule has 1 fully saturated rings. The van der Waals surface area contributed by atoms with Crippen molar-refractivity contribution in [3.8, 4) is 11.5 Å². The summed E-state index contributed by atoms with van der Waals surface area (Å²) in [5, 5.41) is 9.13. The maximum Gasteiger partial charge on any atom is 0.407 e. The number of carbonyl (C=O) groups is 2. The highest BCUT2D eigenvalue weighted by atomic mass is 19.1. The van der Waals surface area contributed by atoms with E-state index in [-0.39, 0.29) is 6.04 Å². The first-order valence-electron chi connectivity index (χ1n) is 11.4. The van der Waals surface area contributed by atoms with E-state index in [1.54, 1.807) is 33.0 Å². The summed E-state index contributed by atoms with van der Waals surface area (Å²) in [5.74, 6) is -3.36. The number of amides is 2. The van der Waals surface area contributed by atoms with Crippen molar-refractivity contribution in [3.63, 3.8) is 0 Å². The van der Waals surface area contributed by atoms with Crippen LogP contribution in [0.25, 0.3) is 11.5 Å². The maximum atomic E-state index is 14.0. The molecule has 2 aromatic heterocycles. The zero-order valence-corrected chi connectivity index (χ0v) is 20.0. The van der Waals surface area contributed by atoms with E-state index in [1.165, 1.54) is 12.3 Å². The number of ether oxygens (including phenoxy) is 1. The number of nitrogens with one attached hydrogen (secondary N) is 2. The van der Waals surface area contributed by atoms with E-state index in [4.69, 9.17) is 9.26 Å². The third kappa shape index (κ3) is 5.93. The molecule has 0 unspecified atom stereocenters. The zero-order valence-electron chi connectivity index (χ0n) is 20.0. The summed E-state index contributed by atoms with van der Waals surface area (Å²) in [5.41, 5.74) is -0.0571. The van der Waals surface area contributed by atoms with Gasteiger partial charge in [-0.3, -0.25) is 9.78 Å². The number of halogens is 2. The molecule has 0 spiro atoms. The average molecular weight is 501 g/mol. The molecule has 0 aliphatic carbocycles. The van der Waals surface area contributed by atoms with E-state index in [0.29, 0.717) is 24.5 Å². The van der Waals surface area contributed by atoms with Gasteiger partial charge in [0.2, 0.25) is 0 Å². The summed E-state index contributed by atoms with van der Waals surface area (Å²) in [6, 6.07) is 4.89. The SMILES string of the molecule is CC(C)(C)OC(=O)N[C@H]1CCCN(c2ccncc2NC(=O)c2noc(-c3c(F)cccc3F)n2)C1. The van der Waals surface area contributed by atoms with E-state index < -0.39 is 46.5 Å².